The zero-order chi connectivity index (χ0) is 16.4. The molecule has 2 amide bonds. The van der Waals surface area contributed by atoms with E-state index in [1.807, 2.05) is 0 Å². The minimum absolute atomic E-state index is 0.0992. The summed E-state index contributed by atoms with van der Waals surface area (Å²) in [6.45, 7) is 0. The van der Waals surface area contributed by atoms with Gasteiger partial charge in [-0.1, -0.05) is 12.1 Å². The van der Waals surface area contributed by atoms with Crippen LogP contribution in [0.25, 0.3) is 0 Å². The van der Waals surface area contributed by atoms with Crippen molar-refractivity contribution in [2.45, 2.75) is 6.42 Å². The van der Waals surface area contributed by atoms with Crippen molar-refractivity contribution in [3.63, 3.8) is 0 Å². The van der Waals surface area contributed by atoms with E-state index < -0.39 is 23.5 Å². The standard InChI is InChI=1S/C17H14F2N2O2/c18-10-5-7-11(8-6-10)20-16(22)12-9-13(12)17(23)21-15-4-2-1-3-14(15)19/h1-8,12-13H,9H2,(H,20,22)(H,21,23). The summed E-state index contributed by atoms with van der Waals surface area (Å²) < 4.78 is 26.3. The lowest BCUT2D eigenvalue weighted by Crippen LogP contribution is -2.21. The zero-order valence-corrected chi connectivity index (χ0v) is 12.1. The molecule has 1 aliphatic carbocycles. The van der Waals surface area contributed by atoms with Crippen LogP contribution < -0.4 is 10.6 Å². The lowest BCUT2D eigenvalue weighted by molar-refractivity contribution is -0.122. The highest BCUT2D eigenvalue weighted by Gasteiger charge is 2.48. The topological polar surface area (TPSA) is 58.2 Å². The summed E-state index contributed by atoms with van der Waals surface area (Å²) >= 11 is 0. The minimum Gasteiger partial charge on any atom is -0.326 e. The van der Waals surface area contributed by atoms with Gasteiger partial charge in [-0.3, -0.25) is 9.59 Å². The highest BCUT2D eigenvalue weighted by Crippen LogP contribution is 2.40. The van der Waals surface area contributed by atoms with Crippen molar-refractivity contribution < 1.29 is 18.4 Å². The number of para-hydroxylation sites is 1. The molecule has 2 atom stereocenters. The van der Waals surface area contributed by atoms with Crippen molar-refractivity contribution in [3.05, 3.63) is 60.2 Å². The van der Waals surface area contributed by atoms with Crippen molar-refractivity contribution in [1.82, 2.24) is 0 Å². The Kier molecular flexibility index (Phi) is 4.06. The molecule has 118 valence electrons. The summed E-state index contributed by atoms with van der Waals surface area (Å²) in [4.78, 5) is 24.1. The average molecular weight is 316 g/mol. The second kappa shape index (κ2) is 6.16. The number of nitrogens with one attached hydrogen (secondary N) is 2. The Balaban J connectivity index is 1.56. The molecule has 2 N–H and O–H groups in total. The second-order valence-electron chi connectivity index (χ2n) is 5.41. The van der Waals surface area contributed by atoms with E-state index in [1.54, 1.807) is 6.07 Å². The molecule has 0 bridgehead atoms. The van der Waals surface area contributed by atoms with Gasteiger partial charge in [0.2, 0.25) is 11.8 Å². The number of hydrogen-bond donors (Lipinski definition) is 2. The lowest BCUT2D eigenvalue weighted by Gasteiger charge is -2.07. The molecule has 0 aromatic heterocycles. The quantitative estimate of drug-likeness (QED) is 0.910. The number of halogens is 2. The van der Waals surface area contributed by atoms with E-state index in [2.05, 4.69) is 10.6 Å². The van der Waals surface area contributed by atoms with Gasteiger partial charge in [0.15, 0.2) is 0 Å². The molecular formula is C17H14F2N2O2. The van der Waals surface area contributed by atoms with E-state index in [1.165, 1.54) is 42.5 Å². The Bertz CT molecular complexity index is 747. The molecule has 0 aliphatic heterocycles. The zero-order valence-electron chi connectivity index (χ0n) is 12.1. The summed E-state index contributed by atoms with van der Waals surface area (Å²) in [6.07, 6.45) is 0.410. The maximum absolute atomic E-state index is 13.5. The first kappa shape index (κ1) is 15.1. The molecule has 2 unspecified atom stereocenters. The number of benzene rings is 2. The number of carbonyl (C=O) groups is 2. The highest BCUT2D eigenvalue weighted by atomic mass is 19.1. The van der Waals surface area contributed by atoms with E-state index >= 15 is 0 Å². The van der Waals surface area contributed by atoms with Gasteiger partial charge in [0, 0.05) is 5.69 Å². The van der Waals surface area contributed by atoms with Crippen LogP contribution in [0.5, 0.6) is 0 Å². The van der Waals surface area contributed by atoms with Crippen molar-refractivity contribution in [2.75, 3.05) is 10.6 Å². The van der Waals surface area contributed by atoms with Crippen LogP contribution in [-0.2, 0) is 9.59 Å². The second-order valence-corrected chi connectivity index (χ2v) is 5.41. The predicted octanol–water partition coefficient (Wildman–Crippen LogP) is 3.18. The third-order valence-corrected chi connectivity index (χ3v) is 3.71. The third kappa shape index (κ3) is 3.53. The molecule has 0 spiro atoms. The number of anilines is 2. The van der Waals surface area contributed by atoms with Gasteiger partial charge in [-0.2, -0.15) is 0 Å². The van der Waals surface area contributed by atoms with Crippen LogP contribution in [0.15, 0.2) is 48.5 Å². The predicted molar refractivity (Wildman–Crippen MR) is 81.7 cm³/mol. The first-order valence-electron chi connectivity index (χ1n) is 7.16. The summed E-state index contributed by atoms with van der Waals surface area (Å²) in [5.41, 5.74) is 0.568. The fourth-order valence-corrected chi connectivity index (χ4v) is 2.33. The normalized spacial score (nSPS) is 19.0. The highest BCUT2D eigenvalue weighted by molar-refractivity contribution is 6.03. The monoisotopic (exact) mass is 316 g/mol. The van der Waals surface area contributed by atoms with Gasteiger partial charge in [-0.25, -0.2) is 8.78 Å². The molecule has 3 rings (SSSR count). The van der Waals surface area contributed by atoms with E-state index in [9.17, 15) is 18.4 Å². The van der Waals surface area contributed by atoms with Crippen molar-refractivity contribution in [2.24, 2.45) is 11.8 Å². The summed E-state index contributed by atoms with van der Waals surface area (Å²) in [7, 11) is 0. The van der Waals surface area contributed by atoms with Crippen molar-refractivity contribution in [1.29, 1.82) is 0 Å². The molecule has 1 saturated carbocycles. The molecule has 0 radical (unpaired) electrons. The fourth-order valence-electron chi connectivity index (χ4n) is 2.33. The Hall–Kier alpha value is -2.76. The van der Waals surface area contributed by atoms with Crippen molar-refractivity contribution in [3.8, 4) is 0 Å². The lowest BCUT2D eigenvalue weighted by atomic mass is 10.2. The maximum Gasteiger partial charge on any atom is 0.228 e. The van der Waals surface area contributed by atoms with E-state index in [-0.39, 0.29) is 17.5 Å². The largest absolute Gasteiger partial charge is 0.326 e. The van der Waals surface area contributed by atoms with Gasteiger partial charge in [0.25, 0.3) is 0 Å². The molecular weight excluding hydrogens is 302 g/mol. The molecule has 6 heteroatoms. The molecule has 0 heterocycles. The Morgan fingerprint density at radius 3 is 2.13 bits per heavy atom. The van der Waals surface area contributed by atoms with Crippen molar-refractivity contribution >= 4 is 23.2 Å². The van der Waals surface area contributed by atoms with Crippen LogP contribution in [0.2, 0.25) is 0 Å². The van der Waals surface area contributed by atoms with Gasteiger partial charge in [0.05, 0.1) is 17.5 Å². The minimum atomic E-state index is -0.520. The Morgan fingerprint density at radius 2 is 1.48 bits per heavy atom. The van der Waals surface area contributed by atoms with Crippen LogP contribution in [0, 0.1) is 23.5 Å². The van der Waals surface area contributed by atoms with E-state index in [0.717, 1.165) is 0 Å². The molecule has 1 fully saturated rings. The molecule has 2 aromatic rings. The third-order valence-electron chi connectivity index (χ3n) is 3.71. The summed E-state index contributed by atoms with van der Waals surface area (Å²) in [5, 5.41) is 5.12. The van der Waals surface area contributed by atoms with Crippen LogP contribution in [0.3, 0.4) is 0 Å². The Labute approximate surface area is 131 Å². The number of hydrogen-bond acceptors (Lipinski definition) is 2. The van der Waals surface area contributed by atoms with E-state index in [0.29, 0.717) is 12.1 Å². The molecule has 1 aliphatic rings. The van der Waals surface area contributed by atoms with Gasteiger partial charge in [0.1, 0.15) is 11.6 Å². The molecule has 4 nitrogen and oxygen atoms in total. The molecule has 2 aromatic carbocycles. The van der Waals surface area contributed by atoms with Gasteiger partial charge < -0.3 is 10.6 Å². The van der Waals surface area contributed by atoms with Gasteiger partial charge in [-0.15, -0.1) is 0 Å². The first-order chi connectivity index (χ1) is 11.0. The van der Waals surface area contributed by atoms with Crippen LogP contribution in [-0.4, -0.2) is 11.8 Å². The summed E-state index contributed by atoms with van der Waals surface area (Å²) in [5.74, 6) is -2.52. The van der Waals surface area contributed by atoms with Crippen LogP contribution >= 0.6 is 0 Å². The van der Waals surface area contributed by atoms with Crippen LogP contribution in [0.4, 0.5) is 20.2 Å². The number of carbonyl (C=O) groups excluding carboxylic acids is 2. The first-order valence-corrected chi connectivity index (χ1v) is 7.16. The SMILES string of the molecule is O=C(Nc1ccc(F)cc1)C1CC1C(=O)Nc1ccccc1F. The smallest absolute Gasteiger partial charge is 0.228 e. The maximum atomic E-state index is 13.5. The Morgan fingerprint density at radius 1 is 0.870 bits per heavy atom. The number of rotatable bonds is 4. The van der Waals surface area contributed by atoms with Crippen LogP contribution in [0.1, 0.15) is 6.42 Å². The van der Waals surface area contributed by atoms with Gasteiger partial charge >= 0.3 is 0 Å². The fraction of sp³-hybridized carbons (Fsp3) is 0.176. The summed E-state index contributed by atoms with van der Waals surface area (Å²) in [6, 6.07) is 11.2. The molecule has 23 heavy (non-hydrogen) atoms. The average Bonchev–Trinajstić information content (AvgIpc) is 3.32. The van der Waals surface area contributed by atoms with E-state index in [4.69, 9.17) is 0 Å². The van der Waals surface area contributed by atoms with Gasteiger partial charge in [-0.05, 0) is 42.8 Å². The molecule has 0 saturated heterocycles. The number of amides is 2.